The Morgan fingerprint density at radius 3 is 2.37 bits per heavy atom. The van der Waals surface area contributed by atoms with Crippen molar-refractivity contribution in [3.8, 4) is 5.75 Å². The fourth-order valence-electron chi connectivity index (χ4n) is 3.08. The lowest BCUT2D eigenvalue weighted by molar-refractivity contribution is 0.0987. The predicted molar refractivity (Wildman–Crippen MR) is 142 cm³/mol. The maximum absolute atomic E-state index is 13.5. The fourth-order valence-corrected chi connectivity index (χ4v) is 5.46. The number of hydrazone groups is 1. The Morgan fingerprint density at radius 2 is 1.74 bits per heavy atom. The van der Waals surface area contributed by atoms with Gasteiger partial charge in [0.05, 0.1) is 28.4 Å². The number of nitrogens with zero attached hydrogens (tertiary/aromatic N) is 4. The van der Waals surface area contributed by atoms with Crippen LogP contribution in [0.2, 0.25) is 0 Å². The van der Waals surface area contributed by atoms with Gasteiger partial charge in [-0.1, -0.05) is 27.3 Å². The van der Waals surface area contributed by atoms with Crippen LogP contribution >= 0.6 is 27.3 Å². The smallest absolute Gasteiger partial charge is 0.280 e. The van der Waals surface area contributed by atoms with Crippen LogP contribution in [0, 0.1) is 0 Å². The zero-order valence-corrected chi connectivity index (χ0v) is 22.3. The molecule has 0 N–H and O–H groups in total. The molecule has 180 valence electrons. The number of rotatable bonds is 7. The SMILES string of the molecule is COc1ccc(/C=N/N(C(=O)c2ccc(S(=O)(=O)N(C)C)cc2)c2nc3ccc(Br)cc3s2)cc1. The van der Waals surface area contributed by atoms with E-state index in [9.17, 15) is 13.2 Å². The number of fused-ring (bicyclic) bond motifs is 1. The van der Waals surface area contributed by atoms with Crippen molar-refractivity contribution in [2.75, 3.05) is 26.2 Å². The van der Waals surface area contributed by atoms with Gasteiger partial charge in [0.2, 0.25) is 15.2 Å². The van der Waals surface area contributed by atoms with E-state index in [2.05, 4.69) is 26.0 Å². The highest BCUT2D eigenvalue weighted by Crippen LogP contribution is 2.32. The third kappa shape index (κ3) is 5.43. The van der Waals surface area contributed by atoms with Crippen LogP contribution in [-0.2, 0) is 10.0 Å². The summed E-state index contributed by atoms with van der Waals surface area (Å²) >= 11 is 4.78. The topological polar surface area (TPSA) is 92.2 Å². The molecule has 0 radical (unpaired) electrons. The molecular weight excluding hydrogens is 552 g/mol. The first-order chi connectivity index (χ1) is 16.7. The van der Waals surface area contributed by atoms with Gasteiger partial charge in [-0.3, -0.25) is 4.79 Å². The first kappa shape index (κ1) is 25.0. The maximum atomic E-state index is 13.5. The summed E-state index contributed by atoms with van der Waals surface area (Å²) in [5.41, 5.74) is 1.77. The van der Waals surface area contributed by atoms with Gasteiger partial charge in [0, 0.05) is 24.1 Å². The summed E-state index contributed by atoms with van der Waals surface area (Å²) in [7, 11) is 0.884. The number of benzene rings is 3. The monoisotopic (exact) mass is 572 g/mol. The largest absolute Gasteiger partial charge is 0.497 e. The molecule has 1 aromatic heterocycles. The molecule has 1 amide bonds. The van der Waals surface area contributed by atoms with E-state index in [4.69, 9.17) is 4.74 Å². The Morgan fingerprint density at radius 1 is 1.06 bits per heavy atom. The molecule has 4 rings (SSSR count). The number of anilines is 1. The van der Waals surface area contributed by atoms with E-state index in [-0.39, 0.29) is 10.5 Å². The van der Waals surface area contributed by atoms with Crippen LogP contribution in [0.3, 0.4) is 0 Å². The van der Waals surface area contributed by atoms with Crippen molar-refractivity contribution >= 4 is 64.8 Å². The fraction of sp³-hybridized carbons (Fsp3) is 0.125. The number of ether oxygens (including phenoxy) is 1. The Kier molecular flexibility index (Phi) is 7.31. The van der Waals surface area contributed by atoms with Gasteiger partial charge in [0.25, 0.3) is 5.91 Å². The molecule has 3 aromatic carbocycles. The van der Waals surface area contributed by atoms with Crippen molar-refractivity contribution in [3.05, 3.63) is 82.3 Å². The molecule has 0 atom stereocenters. The molecule has 0 saturated carbocycles. The zero-order chi connectivity index (χ0) is 25.2. The molecule has 1 heterocycles. The average molecular weight is 573 g/mol. The number of hydrogen-bond acceptors (Lipinski definition) is 7. The van der Waals surface area contributed by atoms with Crippen LogP contribution in [0.5, 0.6) is 5.75 Å². The summed E-state index contributed by atoms with van der Waals surface area (Å²) in [5.74, 6) is 0.265. The van der Waals surface area contributed by atoms with Crippen molar-refractivity contribution < 1.29 is 17.9 Å². The van der Waals surface area contributed by atoms with E-state index >= 15 is 0 Å². The van der Waals surface area contributed by atoms with Crippen molar-refractivity contribution in [1.82, 2.24) is 9.29 Å². The lowest BCUT2D eigenvalue weighted by atomic mass is 10.2. The van der Waals surface area contributed by atoms with Crippen LogP contribution in [-0.4, -0.2) is 51.0 Å². The number of hydrogen-bond donors (Lipinski definition) is 0. The number of carbonyl (C=O) groups excluding carboxylic acids is 1. The minimum atomic E-state index is -3.61. The summed E-state index contributed by atoms with van der Waals surface area (Å²) < 4.78 is 32.9. The second-order valence-corrected chi connectivity index (χ2v) is 11.6. The first-order valence-electron chi connectivity index (χ1n) is 10.3. The van der Waals surface area contributed by atoms with E-state index in [0.29, 0.717) is 10.9 Å². The number of carbonyl (C=O) groups is 1. The maximum Gasteiger partial charge on any atom is 0.280 e. The predicted octanol–water partition coefficient (Wildman–Crippen LogP) is 5.00. The van der Waals surface area contributed by atoms with Crippen molar-refractivity contribution in [2.45, 2.75) is 4.90 Å². The van der Waals surface area contributed by atoms with Crippen molar-refractivity contribution in [1.29, 1.82) is 0 Å². The van der Waals surface area contributed by atoms with Crippen LogP contribution in [0.1, 0.15) is 15.9 Å². The lowest BCUT2D eigenvalue weighted by Crippen LogP contribution is -2.26. The van der Waals surface area contributed by atoms with Gasteiger partial charge in [-0.15, -0.1) is 0 Å². The Hall–Kier alpha value is -3.12. The van der Waals surface area contributed by atoms with Gasteiger partial charge in [-0.25, -0.2) is 17.7 Å². The first-order valence-corrected chi connectivity index (χ1v) is 13.3. The highest BCUT2D eigenvalue weighted by molar-refractivity contribution is 9.10. The van der Waals surface area contributed by atoms with Crippen LogP contribution in [0.4, 0.5) is 5.13 Å². The molecule has 0 aliphatic rings. The number of amides is 1. The number of thiazole rings is 1. The Balaban J connectivity index is 1.72. The van der Waals surface area contributed by atoms with Gasteiger partial charge >= 0.3 is 0 Å². The quantitative estimate of drug-likeness (QED) is 0.229. The molecule has 8 nitrogen and oxygen atoms in total. The van der Waals surface area contributed by atoms with Crippen LogP contribution < -0.4 is 9.75 Å². The highest BCUT2D eigenvalue weighted by atomic mass is 79.9. The molecule has 0 spiro atoms. The summed E-state index contributed by atoms with van der Waals surface area (Å²) in [5, 5.41) is 6.05. The van der Waals surface area contributed by atoms with E-state index in [1.807, 2.05) is 30.3 Å². The number of methoxy groups -OCH3 is 1. The molecule has 35 heavy (non-hydrogen) atoms. The van der Waals surface area contributed by atoms with Gasteiger partial charge < -0.3 is 4.74 Å². The van der Waals surface area contributed by atoms with E-state index in [1.54, 1.807) is 25.5 Å². The molecule has 0 fully saturated rings. The van der Waals surface area contributed by atoms with E-state index in [1.165, 1.54) is 54.7 Å². The molecule has 0 unspecified atom stereocenters. The van der Waals surface area contributed by atoms with E-state index in [0.717, 1.165) is 24.6 Å². The number of sulfonamides is 1. The molecule has 11 heteroatoms. The summed E-state index contributed by atoms with van der Waals surface area (Å²) in [6, 6.07) is 18.7. The lowest BCUT2D eigenvalue weighted by Gasteiger charge is -2.15. The average Bonchev–Trinajstić information content (AvgIpc) is 3.27. The second kappa shape index (κ2) is 10.2. The standard InChI is InChI=1S/C24H21BrN4O4S2/c1-28(2)35(31,32)20-11-6-17(7-12-20)23(30)29(26-15-16-4-9-19(33-3)10-5-16)24-27-21-13-8-18(25)14-22(21)34-24/h4-15H,1-3H3/b26-15+. The highest BCUT2D eigenvalue weighted by Gasteiger charge is 2.23. The van der Waals surface area contributed by atoms with Gasteiger partial charge in [-0.05, 0) is 72.3 Å². The van der Waals surface area contributed by atoms with Gasteiger partial charge in [0.1, 0.15) is 5.75 Å². The van der Waals surface area contributed by atoms with Crippen LogP contribution in [0.15, 0.2) is 81.2 Å². The third-order valence-corrected chi connectivity index (χ3v) is 8.35. The number of halogens is 1. The molecule has 0 aliphatic carbocycles. The van der Waals surface area contributed by atoms with Crippen LogP contribution in [0.25, 0.3) is 10.2 Å². The molecule has 0 saturated heterocycles. The number of aromatic nitrogens is 1. The summed E-state index contributed by atoms with van der Waals surface area (Å²) in [4.78, 5) is 18.2. The van der Waals surface area contributed by atoms with E-state index < -0.39 is 15.9 Å². The Labute approximate surface area is 215 Å². The third-order valence-electron chi connectivity index (χ3n) is 5.03. The molecule has 0 aliphatic heterocycles. The summed E-state index contributed by atoms with van der Waals surface area (Å²) in [6.45, 7) is 0. The molecular formula is C24H21BrN4O4S2. The van der Waals surface area contributed by atoms with Crippen molar-refractivity contribution in [2.24, 2.45) is 5.10 Å². The molecule has 0 bridgehead atoms. The van der Waals surface area contributed by atoms with Gasteiger partial charge in [-0.2, -0.15) is 10.1 Å². The minimum absolute atomic E-state index is 0.0946. The normalized spacial score (nSPS) is 11.9. The summed E-state index contributed by atoms with van der Waals surface area (Å²) in [6.07, 6.45) is 1.56. The minimum Gasteiger partial charge on any atom is -0.497 e. The zero-order valence-electron chi connectivity index (χ0n) is 19.0. The van der Waals surface area contributed by atoms with Gasteiger partial charge in [0.15, 0.2) is 0 Å². The molecule has 4 aromatic rings. The van der Waals surface area contributed by atoms with Crippen molar-refractivity contribution in [3.63, 3.8) is 0 Å². The Bertz CT molecular complexity index is 1500. The second-order valence-electron chi connectivity index (χ2n) is 7.55.